The maximum absolute atomic E-state index is 4.68. The second kappa shape index (κ2) is 4.06. The van der Waals surface area contributed by atoms with Crippen molar-refractivity contribution in [1.29, 1.82) is 0 Å². The molecule has 3 rings (SSSR count). The van der Waals surface area contributed by atoms with E-state index in [0.717, 1.165) is 41.9 Å². The van der Waals surface area contributed by atoms with E-state index < -0.39 is 0 Å². The van der Waals surface area contributed by atoms with Gasteiger partial charge in [-0.3, -0.25) is 0 Å². The zero-order valence-corrected chi connectivity index (χ0v) is 10.5. The predicted octanol–water partition coefficient (Wildman–Crippen LogP) is 3.05. The Balaban J connectivity index is 1.92. The first-order valence-corrected chi connectivity index (χ1v) is 6.42. The van der Waals surface area contributed by atoms with Crippen LogP contribution in [0.3, 0.4) is 0 Å². The summed E-state index contributed by atoms with van der Waals surface area (Å²) >= 11 is 0. The quantitative estimate of drug-likeness (QED) is 0.815. The minimum atomic E-state index is 0.756. The number of aromatic amines is 1. The molecule has 1 aromatic heterocycles. The number of aromatic nitrogens is 2. The molecular weight excluding hydrogens is 210 g/mol. The minimum absolute atomic E-state index is 0.756. The molecule has 3 nitrogen and oxygen atoms in total. The van der Waals surface area contributed by atoms with Crippen LogP contribution < -0.4 is 4.90 Å². The van der Waals surface area contributed by atoms with Gasteiger partial charge in [-0.1, -0.05) is 26.0 Å². The minimum Gasteiger partial charge on any atom is -0.342 e. The van der Waals surface area contributed by atoms with Gasteiger partial charge in [0.1, 0.15) is 0 Å². The fourth-order valence-electron chi connectivity index (χ4n) is 2.92. The van der Waals surface area contributed by atoms with E-state index >= 15 is 0 Å². The van der Waals surface area contributed by atoms with Crippen molar-refractivity contribution < 1.29 is 0 Å². The van der Waals surface area contributed by atoms with Crippen LogP contribution in [0.4, 0.5) is 5.95 Å². The Morgan fingerprint density at radius 3 is 2.59 bits per heavy atom. The average molecular weight is 229 g/mol. The third kappa shape index (κ3) is 2.02. The topological polar surface area (TPSA) is 31.9 Å². The lowest BCUT2D eigenvalue weighted by molar-refractivity contribution is 0.354. The van der Waals surface area contributed by atoms with Gasteiger partial charge in [-0.05, 0) is 30.4 Å². The van der Waals surface area contributed by atoms with Crippen molar-refractivity contribution in [1.82, 2.24) is 9.97 Å². The van der Waals surface area contributed by atoms with Crippen molar-refractivity contribution in [3.8, 4) is 0 Å². The van der Waals surface area contributed by atoms with Gasteiger partial charge in [-0.2, -0.15) is 0 Å². The van der Waals surface area contributed by atoms with Crippen molar-refractivity contribution in [2.75, 3.05) is 18.0 Å². The van der Waals surface area contributed by atoms with Crippen LogP contribution in [0.2, 0.25) is 0 Å². The third-order valence-electron chi connectivity index (χ3n) is 3.55. The Labute approximate surface area is 102 Å². The first-order chi connectivity index (χ1) is 8.22. The number of rotatable bonds is 1. The maximum Gasteiger partial charge on any atom is 0.203 e. The lowest BCUT2D eigenvalue weighted by Crippen LogP contribution is -2.39. The number of nitrogens with one attached hydrogen (secondary N) is 1. The van der Waals surface area contributed by atoms with Crippen LogP contribution in [0.15, 0.2) is 24.3 Å². The molecule has 0 saturated carbocycles. The summed E-state index contributed by atoms with van der Waals surface area (Å²) < 4.78 is 0. The van der Waals surface area contributed by atoms with Crippen LogP contribution >= 0.6 is 0 Å². The Bertz CT molecular complexity index is 474. The standard InChI is InChI=1S/C14H19N3/c1-10-7-11(2)9-17(8-10)14-15-12-5-3-4-6-13(12)16-14/h3-6,10-11H,7-9H2,1-2H3,(H,15,16). The molecule has 0 radical (unpaired) electrons. The highest BCUT2D eigenvalue weighted by Crippen LogP contribution is 2.25. The normalized spacial score (nSPS) is 25.4. The number of hydrogen-bond donors (Lipinski definition) is 1. The van der Waals surface area contributed by atoms with Crippen LogP contribution in [0, 0.1) is 11.8 Å². The zero-order valence-electron chi connectivity index (χ0n) is 10.5. The van der Waals surface area contributed by atoms with Gasteiger partial charge >= 0.3 is 0 Å². The van der Waals surface area contributed by atoms with Gasteiger partial charge in [0.2, 0.25) is 5.95 Å². The molecule has 0 bridgehead atoms. The smallest absolute Gasteiger partial charge is 0.203 e. The van der Waals surface area contributed by atoms with Crippen molar-refractivity contribution in [3.63, 3.8) is 0 Å². The molecule has 1 aliphatic rings. The number of benzene rings is 1. The first-order valence-electron chi connectivity index (χ1n) is 6.42. The average Bonchev–Trinajstić information content (AvgIpc) is 2.71. The summed E-state index contributed by atoms with van der Waals surface area (Å²) in [4.78, 5) is 10.5. The number of H-pyrrole nitrogens is 1. The second-order valence-electron chi connectivity index (χ2n) is 5.43. The van der Waals surface area contributed by atoms with Crippen molar-refractivity contribution in [2.45, 2.75) is 20.3 Å². The van der Waals surface area contributed by atoms with Gasteiger partial charge in [-0.15, -0.1) is 0 Å². The molecule has 0 aliphatic carbocycles. The monoisotopic (exact) mass is 229 g/mol. The first kappa shape index (κ1) is 10.6. The number of piperidine rings is 1. The van der Waals surface area contributed by atoms with E-state index in [4.69, 9.17) is 0 Å². The Kier molecular flexibility index (Phi) is 2.54. The van der Waals surface area contributed by atoms with Crippen LogP contribution in [0.5, 0.6) is 0 Å². The summed E-state index contributed by atoms with van der Waals surface area (Å²) in [6.45, 7) is 6.88. The summed E-state index contributed by atoms with van der Waals surface area (Å²) in [5.41, 5.74) is 2.20. The van der Waals surface area contributed by atoms with Crippen LogP contribution in [-0.4, -0.2) is 23.1 Å². The molecular formula is C14H19N3. The molecule has 1 aliphatic heterocycles. The number of nitrogens with zero attached hydrogens (tertiary/aromatic N) is 2. The maximum atomic E-state index is 4.68. The predicted molar refractivity (Wildman–Crippen MR) is 71.3 cm³/mol. The number of para-hydroxylation sites is 2. The summed E-state index contributed by atoms with van der Waals surface area (Å²) in [5, 5.41) is 0. The lowest BCUT2D eigenvalue weighted by Gasteiger charge is -2.34. The van der Waals surface area contributed by atoms with E-state index in [9.17, 15) is 0 Å². The van der Waals surface area contributed by atoms with Crippen molar-refractivity contribution in [2.24, 2.45) is 11.8 Å². The lowest BCUT2D eigenvalue weighted by atomic mass is 9.92. The molecule has 2 aromatic rings. The Hall–Kier alpha value is -1.51. The van der Waals surface area contributed by atoms with Crippen LogP contribution in [0.1, 0.15) is 20.3 Å². The molecule has 0 spiro atoms. The largest absolute Gasteiger partial charge is 0.342 e. The molecule has 0 amide bonds. The SMILES string of the molecule is CC1CC(C)CN(c2nc3ccccc3[nH]2)C1. The summed E-state index contributed by atoms with van der Waals surface area (Å²) in [6, 6.07) is 8.23. The zero-order chi connectivity index (χ0) is 11.8. The number of hydrogen-bond acceptors (Lipinski definition) is 2. The molecule has 17 heavy (non-hydrogen) atoms. The summed E-state index contributed by atoms with van der Waals surface area (Å²) in [6.07, 6.45) is 1.33. The summed E-state index contributed by atoms with van der Waals surface area (Å²) in [7, 11) is 0. The number of anilines is 1. The van der Waals surface area contributed by atoms with E-state index in [-0.39, 0.29) is 0 Å². The highest BCUT2D eigenvalue weighted by molar-refractivity contribution is 5.77. The van der Waals surface area contributed by atoms with E-state index in [1.807, 2.05) is 12.1 Å². The fourth-order valence-corrected chi connectivity index (χ4v) is 2.92. The van der Waals surface area contributed by atoms with E-state index in [2.05, 4.69) is 40.8 Å². The molecule has 2 atom stereocenters. The summed E-state index contributed by atoms with van der Waals surface area (Å²) in [5.74, 6) is 2.54. The molecule has 90 valence electrons. The molecule has 1 N–H and O–H groups in total. The van der Waals surface area contributed by atoms with Gasteiger partial charge < -0.3 is 9.88 Å². The van der Waals surface area contributed by atoms with E-state index in [1.54, 1.807) is 0 Å². The van der Waals surface area contributed by atoms with E-state index in [1.165, 1.54) is 6.42 Å². The fraction of sp³-hybridized carbons (Fsp3) is 0.500. The van der Waals surface area contributed by atoms with E-state index in [0.29, 0.717) is 0 Å². The molecule has 1 aromatic carbocycles. The van der Waals surface area contributed by atoms with Gasteiger partial charge in [-0.25, -0.2) is 4.98 Å². The Morgan fingerprint density at radius 2 is 1.88 bits per heavy atom. The molecule has 1 saturated heterocycles. The third-order valence-corrected chi connectivity index (χ3v) is 3.55. The Morgan fingerprint density at radius 1 is 1.18 bits per heavy atom. The van der Waals surface area contributed by atoms with Crippen LogP contribution in [0.25, 0.3) is 11.0 Å². The van der Waals surface area contributed by atoms with Gasteiger partial charge in [0.15, 0.2) is 0 Å². The molecule has 3 heteroatoms. The molecule has 2 unspecified atom stereocenters. The highest BCUT2D eigenvalue weighted by atomic mass is 15.3. The van der Waals surface area contributed by atoms with Gasteiger partial charge in [0.05, 0.1) is 11.0 Å². The van der Waals surface area contributed by atoms with Gasteiger partial charge in [0, 0.05) is 13.1 Å². The highest BCUT2D eigenvalue weighted by Gasteiger charge is 2.23. The second-order valence-corrected chi connectivity index (χ2v) is 5.43. The molecule has 1 fully saturated rings. The number of fused-ring (bicyclic) bond motifs is 1. The van der Waals surface area contributed by atoms with Crippen LogP contribution in [-0.2, 0) is 0 Å². The van der Waals surface area contributed by atoms with Crippen molar-refractivity contribution >= 4 is 17.0 Å². The van der Waals surface area contributed by atoms with Crippen molar-refractivity contribution in [3.05, 3.63) is 24.3 Å². The molecule has 2 heterocycles. The number of imidazole rings is 1. The van der Waals surface area contributed by atoms with Gasteiger partial charge in [0.25, 0.3) is 0 Å².